The van der Waals surface area contributed by atoms with Gasteiger partial charge in [-0.1, -0.05) is 12.1 Å². The molecule has 35 heavy (non-hydrogen) atoms. The van der Waals surface area contributed by atoms with Crippen LogP contribution in [0.4, 0.5) is 25.0 Å². The van der Waals surface area contributed by atoms with Gasteiger partial charge in [0, 0.05) is 31.8 Å². The third-order valence-electron chi connectivity index (χ3n) is 6.35. The Labute approximate surface area is 201 Å². The first-order valence-electron chi connectivity index (χ1n) is 11.4. The molecular weight excluding hydrogens is 456 g/mol. The number of halogens is 2. The summed E-state index contributed by atoms with van der Waals surface area (Å²) in [7, 11) is 0. The highest BCUT2D eigenvalue weighted by Gasteiger charge is 2.33. The normalized spacial score (nSPS) is 19.8. The average molecular weight is 482 g/mol. The number of benzene rings is 2. The van der Waals surface area contributed by atoms with Gasteiger partial charge in [0.1, 0.15) is 17.7 Å². The van der Waals surface area contributed by atoms with Crippen molar-refractivity contribution in [2.45, 2.75) is 25.5 Å². The van der Waals surface area contributed by atoms with Gasteiger partial charge in [-0.25, -0.2) is 13.6 Å². The van der Waals surface area contributed by atoms with Crippen molar-refractivity contribution in [1.29, 1.82) is 0 Å². The van der Waals surface area contributed by atoms with Crippen LogP contribution in [0.15, 0.2) is 54.9 Å². The number of nitrogens with zero attached hydrogens (tertiary/aromatic N) is 4. The Balaban J connectivity index is 1.24. The number of aromatic nitrogens is 2. The van der Waals surface area contributed by atoms with Gasteiger partial charge in [0.2, 0.25) is 5.91 Å². The van der Waals surface area contributed by atoms with E-state index in [0.717, 1.165) is 17.5 Å². The number of rotatable bonds is 6. The number of ether oxygens (including phenoxy) is 1. The largest absolute Gasteiger partial charge is 0.442 e. The van der Waals surface area contributed by atoms with E-state index in [2.05, 4.69) is 10.4 Å². The molecule has 8 nitrogen and oxygen atoms in total. The minimum absolute atomic E-state index is 0.0753. The monoisotopic (exact) mass is 481 g/mol. The minimum Gasteiger partial charge on any atom is -0.442 e. The van der Waals surface area contributed by atoms with Crippen molar-refractivity contribution < 1.29 is 23.1 Å². The fourth-order valence-corrected chi connectivity index (χ4v) is 4.52. The zero-order valence-corrected chi connectivity index (χ0v) is 19.2. The number of amides is 2. The molecule has 1 aromatic heterocycles. The summed E-state index contributed by atoms with van der Waals surface area (Å²) in [6, 6.07) is 11.1. The second kappa shape index (κ2) is 9.36. The van der Waals surface area contributed by atoms with Crippen molar-refractivity contribution >= 4 is 23.4 Å². The molecule has 2 aromatic carbocycles. The number of anilines is 2. The Morgan fingerprint density at radius 2 is 1.94 bits per heavy atom. The van der Waals surface area contributed by atoms with E-state index in [-0.39, 0.29) is 30.9 Å². The molecule has 2 amide bonds. The number of carbonyl (C=O) groups is 2. The van der Waals surface area contributed by atoms with Gasteiger partial charge in [0.15, 0.2) is 0 Å². The van der Waals surface area contributed by atoms with Crippen LogP contribution in [0.5, 0.6) is 0 Å². The van der Waals surface area contributed by atoms with Crippen LogP contribution in [0.1, 0.15) is 19.4 Å². The smallest absolute Gasteiger partial charge is 0.414 e. The lowest BCUT2D eigenvalue weighted by molar-refractivity contribution is -0.119. The van der Waals surface area contributed by atoms with Crippen molar-refractivity contribution in [2.75, 3.05) is 36.0 Å². The molecule has 2 aliphatic heterocycles. The first-order valence-corrected chi connectivity index (χ1v) is 11.4. The number of cyclic esters (lactones) is 1. The van der Waals surface area contributed by atoms with E-state index in [0.29, 0.717) is 24.5 Å². The third-order valence-corrected chi connectivity index (χ3v) is 6.35. The molecule has 0 radical (unpaired) electrons. The molecule has 0 spiro atoms. The van der Waals surface area contributed by atoms with E-state index in [1.54, 1.807) is 30.5 Å². The van der Waals surface area contributed by atoms with Crippen LogP contribution >= 0.6 is 0 Å². The van der Waals surface area contributed by atoms with Crippen LogP contribution in [0, 0.1) is 11.6 Å². The lowest BCUT2D eigenvalue weighted by Crippen LogP contribution is -2.33. The summed E-state index contributed by atoms with van der Waals surface area (Å²) in [6.45, 7) is 3.09. The molecule has 2 saturated heterocycles. The predicted molar refractivity (Wildman–Crippen MR) is 126 cm³/mol. The van der Waals surface area contributed by atoms with Crippen LogP contribution in [-0.2, 0) is 9.53 Å². The Morgan fingerprint density at radius 3 is 2.69 bits per heavy atom. The van der Waals surface area contributed by atoms with Gasteiger partial charge in [0.25, 0.3) is 0 Å². The molecule has 3 heterocycles. The number of hydrogen-bond acceptors (Lipinski definition) is 5. The first-order chi connectivity index (χ1) is 16.9. The zero-order valence-electron chi connectivity index (χ0n) is 19.2. The Bertz CT molecular complexity index is 1250. The standard InChI is InChI=1S/C25H25F2N5O3/c1-16(33)28-12-22-15-31(25(34)35-22)20-6-7-24(23(27)10-20)30-9-8-21(14-30)32-13-18(11-29-32)17-2-4-19(26)5-3-17/h2-7,10-11,13,21-22H,8-9,12,14-15H2,1H3,(H,28,33)/t21-,22+/m1/s1. The van der Waals surface area contributed by atoms with E-state index >= 15 is 4.39 Å². The van der Waals surface area contributed by atoms with Crippen molar-refractivity contribution in [3.05, 3.63) is 66.5 Å². The van der Waals surface area contributed by atoms with Crippen LogP contribution in [0.25, 0.3) is 11.1 Å². The SMILES string of the molecule is CC(=O)NC[C@H]1CN(c2ccc(N3CC[C@@H](n4cc(-c5ccc(F)cc5)cn4)C3)c(F)c2)C(=O)O1. The predicted octanol–water partition coefficient (Wildman–Crippen LogP) is 3.74. The lowest BCUT2D eigenvalue weighted by atomic mass is 10.1. The molecule has 2 fully saturated rings. The average Bonchev–Trinajstić information content (AvgIpc) is 3.58. The molecule has 10 heteroatoms. The summed E-state index contributed by atoms with van der Waals surface area (Å²) in [5.74, 6) is -0.915. The molecule has 2 atom stereocenters. The van der Waals surface area contributed by atoms with Gasteiger partial charge in [-0.2, -0.15) is 5.10 Å². The van der Waals surface area contributed by atoms with Crippen molar-refractivity contribution in [3.63, 3.8) is 0 Å². The van der Waals surface area contributed by atoms with Gasteiger partial charge < -0.3 is 15.0 Å². The summed E-state index contributed by atoms with van der Waals surface area (Å²) in [5, 5.41) is 7.10. The zero-order chi connectivity index (χ0) is 24.5. The van der Waals surface area contributed by atoms with Crippen LogP contribution in [0.3, 0.4) is 0 Å². The van der Waals surface area contributed by atoms with Crippen molar-refractivity contribution in [3.8, 4) is 11.1 Å². The fraction of sp³-hybridized carbons (Fsp3) is 0.320. The molecule has 2 aliphatic rings. The minimum atomic E-state index is -0.565. The highest BCUT2D eigenvalue weighted by molar-refractivity contribution is 5.90. The maximum atomic E-state index is 15.1. The topological polar surface area (TPSA) is 79.7 Å². The molecule has 0 bridgehead atoms. The molecule has 0 saturated carbocycles. The molecular formula is C25H25F2N5O3. The van der Waals surface area contributed by atoms with E-state index in [1.165, 1.54) is 30.0 Å². The quantitative estimate of drug-likeness (QED) is 0.580. The molecule has 1 N–H and O–H groups in total. The number of carbonyl (C=O) groups excluding carboxylic acids is 2. The summed E-state index contributed by atoms with van der Waals surface area (Å²) < 4.78 is 35.4. The summed E-state index contributed by atoms with van der Waals surface area (Å²) in [4.78, 5) is 26.7. The summed E-state index contributed by atoms with van der Waals surface area (Å²) >= 11 is 0. The maximum absolute atomic E-state index is 15.1. The molecule has 5 rings (SSSR count). The summed E-state index contributed by atoms with van der Waals surface area (Å²) in [5.41, 5.74) is 2.65. The summed E-state index contributed by atoms with van der Waals surface area (Å²) in [6.07, 6.45) is 3.43. The van der Waals surface area contributed by atoms with Crippen LogP contribution < -0.4 is 15.1 Å². The van der Waals surface area contributed by atoms with Gasteiger partial charge in [-0.3, -0.25) is 14.4 Å². The van der Waals surface area contributed by atoms with E-state index in [1.807, 2.05) is 15.8 Å². The van der Waals surface area contributed by atoms with E-state index in [4.69, 9.17) is 4.74 Å². The molecule has 182 valence electrons. The Kier molecular flexibility index (Phi) is 6.10. The second-order valence-electron chi connectivity index (χ2n) is 8.79. The van der Waals surface area contributed by atoms with E-state index < -0.39 is 18.0 Å². The highest BCUT2D eigenvalue weighted by Crippen LogP contribution is 2.32. The van der Waals surface area contributed by atoms with Crippen molar-refractivity contribution in [1.82, 2.24) is 15.1 Å². The number of hydrogen-bond donors (Lipinski definition) is 1. The first kappa shape index (κ1) is 22.8. The van der Waals surface area contributed by atoms with Crippen LogP contribution in [-0.4, -0.2) is 54.1 Å². The highest BCUT2D eigenvalue weighted by atomic mass is 19.1. The molecule has 0 unspecified atom stereocenters. The van der Waals surface area contributed by atoms with Gasteiger partial charge >= 0.3 is 6.09 Å². The van der Waals surface area contributed by atoms with E-state index in [9.17, 15) is 14.0 Å². The number of nitrogens with one attached hydrogen (secondary N) is 1. The van der Waals surface area contributed by atoms with Crippen molar-refractivity contribution in [2.24, 2.45) is 0 Å². The van der Waals surface area contributed by atoms with Crippen LogP contribution in [0.2, 0.25) is 0 Å². The maximum Gasteiger partial charge on any atom is 0.414 e. The Hall–Kier alpha value is -3.95. The van der Waals surface area contributed by atoms with Gasteiger partial charge in [-0.15, -0.1) is 0 Å². The van der Waals surface area contributed by atoms with Gasteiger partial charge in [-0.05, 0) is 42.3 Å². The van der Waals surface area contributed by atoms with Gasteiger partial charge in [0.05, 0.1) is 36.7 Å². The Morgan fingerprint density at radius 1 is 1.14 bits per heavy atom. The molecule has 0 aliphatic carbocycles. The molecule has 3 aromatic rings. The third kappa shape index (κ3) is 4.82. The fourth-order valence-electron chi connectivity index (χ4n) is 4.52. The second-order valence-corrected chi connectivity index (χ2v) is 8.79. The lowest BCUT2D eigenvalue weighted by Gasteiger charge is -2.21.